The van der Waals surface area contributed by atoms with E-state index >= 15 is 0 Å². The molecule has 1 amide bonds. The van der Waals surface area contributed by atoms with Gasteiger partial charge in [0.15, 0.2) is 0 Å². The molecule has 1 aromatic rings. The molecule has 98 valence electrons. The van der Waals surface area contributed by atoms with Crippen molar-refractivity contribution >= 4 is 11.8 Å². The normalized spacial score (nSPS) is 16.3. The Labute approximate surface area is 101 Å². The van der Waals surface area contributed by atoms with Crippen LogP contribution in [-0.2, 0) is 6.18 Å². The van der Waals surface area contributed by atoms with E-state index in [0.717, 1.165) is 12.1 Å². The molecule has 1 aromatic carbocycles. The molecule has 0 unspecified atom stereocenters. The minimum Gasteiger partial charge on any atom is -0.465 e. The summed E-state index contributed by atoms with van der Waals surface area (Å²) >= 11 is 0. The first-order chi connectivity index (χ1) is 8.36. The Bertz CT molecular complexity index is 439. The van der Waals surface area contributed by atoms with Gasteiger partial charge in [-0.3, -0.25) is 0 Å². The molecule has 2 rings (SSSR count). The van der Waals surface area contributed by atoms with E-state index in [-0.39, 0.29) is 6.04 Å². The van der Waals surface area contributed by atoms with Gasteiger partial charge in [-0.15, -0.1) is 0 Å². The number of alkyl halides is 3. The average Bonchev–Trinajstić information content (AvgIpc) is 2.21. The molecule has 0 spiro atoms. The quantitative estimate of drug-likeness (QED) is 0.858. The van der Waals surface area contributed by atoms with Crippen LogP contribution in [-0.4, -0.2) is 35.2 Å². The van der Waals surface area contributed by atoms with Crippen molar-refractivity contribution in [1.29, 1.82) is 0 Å². The number of halogens is 3. The Morgan fingerprint density at radius 1 is 1.28 bits per heavy atom. The van der Waals surface area contributed by atoms with Gasteiger partial charge in [-0.1, -0.05) is 0 Å². The number of hydrogen-bond donors (Lipinski definition) is 2. The predicted molar refractivity (Wildman–Crippen MR) is 58.5 cm³/mol. The van der Waals surface area contributed by atoms with Crippen LogP contribution in [0.4, 0.5) is 23.7 Å². The van der Waals surface area contributed by atoms with Gasteiger partial charge in [-0.25, -0.2) is 4.79 Å². The van der Waals surface area contributed by atoms with E-state index < -0.39 is 17.8 Å². The SMILES string of the molecule is O=C(O)N1CC(Nc2ccc(C(F)(F)F)cc2)C1. The summed E-state index contributed by atoms with van der Waals surface area (Å²) < 4.78 is 36.9. The molecule has 0 radical (unpaired) electrons. The molecule has 1 fully saturated rings. The van der Waals surface area contributed by atoms with Crippen LogP contribution in [0.15, 0.2) is 24.3 Å². The van der Waals surface area contributed by atoms with Crippen molar-refractivity contribution in [2.75, 3.05) is 18.4 Å². The van der Waals surface area contributed by atoms with Gasteiger partial charge < -0.3 is 15.3 Å². The maximum atomic E-state index is 12.3. The monoisotopic (exact) mass is 260 g/mol. The number of amides is 1. The first kappa shape index (κ1) is 12.5. The first-order valence-electron chi connectivity index (χ1n) is 5.28. The molecule has 1 saturated heterocycles. The second-order valence-corrected chi connectivity index (χ2v) is 4.10. The molecule has 0 aromatic heterocycles. The Kier molecular flexibility index (Phi) is 3.06. The molecule has 1 aliphatic rings. The Hall–Kier alpha value is -1.92. The van der Waals surface area contributed by atoms with Crippen LogP contribution in [0.2, 0.25) is 0 Å². The van der Waals surface area contributed by atoms with E-state index in [9.17, 15) is 18.0 Å². The third-order valence-electron chi connectivity index (χ3n) is 2.74. The van der Waals surface area contributed by atoms with E-state index in [1.165, 1.54) is 17.0 Å². The van der Waals surface area contributed by atoms with Crippen LogP contribution in [0.5, 0.6) is 0 Å². The molecular formula is C11H11F3N2O2. The molecule has 0 bridgehead atoms. The topological polar surface area (TPSA) is 52.6 Å². The summed E-state index contributed by atoms with van der Waals surface area (Å²) in [4.78, 5) is 11.7. The highest BCUT2D eigenvalue weighted by molar-refractivity contribution is 5.66. The Balaban J connectivity index is 1.90. The number of carboxylic acid groups (broad SMARTS) is 1. The van der Waals surface area contributed by atoms with Gasteiger partial charge in [0.25, 0.3) is 0 Å². The molecule has 0 atom stereocenters. The lowest BCUT2D eigenvalue weighted by Crippen LogP contribution is -2.56. The number of nitrogens with zero attached hydrogens (tertiary/aromatic N) is 1. The number of carbonyl (C=O) groups is 1. The zero-order valence-corrected chi connectivity index (χ0v) is 9.24. The Morgan fingerprint density at radius 3 is 2.28 bits per heavy atom. The van der Waals surface area contributed by atoms with Gasteiger partial charge in [0.1, 0.15) is 0 Å². The molecule has 4 nitrogen and oxygen atoms in total. The Morgan fingerprint density at radius 2 is 1.83 bits per heavy atom. The number of anilines is 1. The summed E-state index contributed by atoms with van der Waals surface area (Å²) in [6.45, 7) is 0.687. The van der Waals surface area contributed by atoms with Crippen molar-refractivity contribution in [1.82, 2.24) is 4.90 Å². The van der Waals surface area contributed by atoms with Crippen LogP contribution < -0.4 is 5.32 Å². The number of hydrogen-bond acceptors (Lipinski definition) is 2. The fraction of sp³-hybridized carbons (Fsp3) is 0.364. The average molecular weight is 260 g/mol. The lowest BCUT2D eigenvalue weighted by molar-refractivity contribution is -0.137. The van der Waals surface area contributed by atoms with Crippen molar-refractivity contribution in [2.24, 2.45) is 0 Å². The fourth-order valence-electron chi connectivity index (χ4n) is 1.72. The van der Waals surface area contributed by atoms with Crippen molar-refractivity contribution in [3.63, 3.8) is 0 Å². The lowest BCUT2D eigenvalue weighted by Gasteiger charge is -2.37. The van der Waals surface area contributed by atoms with E-state index in [4.69, 9.17) is 5.11 Å². The van der Waals surface area contributed by atoms with Gasteiger partial charge in [-0.05, 0) is 24.3 Å². The minimum atomic E-state index is -4.34. The zero-order chi connectivity index (χ0) is 13.3. The van der Waals surface area contributed by atoms with Crippen LogP contribution in [0.25, 0.3) is 0 Å². The van der Waals surface area contributed by atoms with Crippen LogP contribution in [0.3, 0.4) is 0 Å². The highest BCUT2D eigenvalue weighted by Crippen LogP contribution is 2.30. The maximum Gasteiger partial charge on any atom is 0.416 e. The number of nitrogens with one attached hydrogen (secondary N) is 1. The fourth-order valence-corrected chi connectivity index (χ4v) is 1.72. The van der Waals surface area contributed by atoms with Gasteiger partial charge in [0, 0.05) is 18.8 Å². The summed E-state index contributed by atoms with van der Waals surface area (Å²) in [7, 11) is 0. The summed E-state index contributed by atoms with van der Waals surface area (Å²) in [6, 6.07) is 4.63. The van der Waals surface area contributed by atoms with Gasteiger partial charge in [-0.2, -0.15) is 13.2 Å². The molecular weight excluding hydrogens is 249 g/mol. The largest absolute Gasteiger partial charge is 0.465 e. The van der Waals surface area contributed by atoms with Crippen LogP contribution in [0, 0.1) is 0 Å². The highest BCUT2D eigenvalue weighted by atomic mass is 19.4. The van der Waals surface area contributed by atoms with E-state index in [0.29, 0.717) is 18.8 Å². The highest BCUT2D eigenvalue weighted by Gasteiger charge is 2.31. The molecule has 0 saturated carbocycles. The van der Waals surface area contributed by atoms with E-state index in [1.54, 1.807) is 0 Å². The van der Waals surface area contributed by atoms with Crippen molar-refractivity contribution in [3.05, 3.63) is 29.8 Å². The molecule has 1 heterocycles. The van der Waals surface area contributed by atoms with Crippen molar-refractivity contribution in [3.8, 4) is 0 Å². The molecule has 7 heteroatoms. The zero-order valence-electron chi connectivity index (χ0n) is 9.24. The maximum absolute atomic E-state index is 12.3. The van der Waals surface area contributed by atoms with Crippen molar-refractivity contribution < 1.29 is 23.1 Å². The molecule has 1 aliphatic heterocycles. The van der Waals surface area contributed by atoms with Crippen LogP contribution in [0.1, 0.15) is 5.56 Å². The number of rotatable bonds is 2. The summed E-state index contributed by atoms with van der Waals surface area (Å²) in [5.74, 6) is 0. The van der Waals surface area contributed by atoms with E-state index in [1.807, 2.05) is 0 Å². The smallest absolute Gasteiger partial charge is 0.416 e. The molecule has 0 aliphatic carbocycles. The lowest BCUT2D eigenvalue weighted by atomic mass is 10.1. The second-order valence-electron chi connectivity index (χ2n) is 4.10. The van der Waals surface area contributed by atoms with E-state index in [2.05, 4.69) is 5.32 Å². The summed E-state index contributed by atoms with van der Waals surface area (Å²) in [5, 5.41) is 11.6. The predicted octanol–water partition coefficient (Wildman–Crippen LogP) is 2.48. The minimum absolute atomic E-state index is 0.0437. The van der Waals surface area contributed by atoms with Crippen LogP contribution >= 0.6 is 0 Å². The second kappa shape index (κ2) is 4.40. The van der Waals surface area contributed by atoms with Crippen molar-refractivity contribution in [2.45, 2.75) is 12.2 Å². The van der Waals surface area contributed by atoms with Gasteiger partial charge in [0.05, 0.1) is 11.6 Å². The van der Waals surface area contributed by atoms with Gasteiger partial charge >= 0.3 is 12.3 Å². The first-order valence-corrected chi connectivity index (χ1v) is 5.28. The summed E-state index contributed by atoms with van der Waals surface area (Å²) in [6.07, 6.45) is -5.32. The standard InChI is InChI=1S/C11H11F3N2O2/c12-11(13,14)7-1-3-8(4-2-7)15-9-5-16(6-9)10(17)18/h1-4,9,15H,5-6H2,(H,17,18). The third kappa shape index (κ3) is 2.66. The molecule has 2 N–H and O–H groups in total. The molecule has 18 heavy (non-hydrogen) atoms. The third-order valence-corrected chi connectivity index (χ3v) is 2.74. The summed E-state index contributed by atoms with van der Waals surface area (Å²) in [5.41, 5.74) is -0.146. The number of likely N-dealkylation sites (tertiary alicyclic amines) is 1. The van der Waals surface area contributed by atoms with Gasteiger partial charge in [0.2, 0.25) is 0 Å². The number of benzene rings is 1.